The number of carbonyl (C=O) groups is 1. The predicted octanol–water partition coefficient (Wildman–Crippen LogP) is 4.64. The van der Waals surface area contributed by atoms with Crippen LogP contribution in [-0.2, 0) is 0 Å². The van der Waals surface area contributed by atoms with E-state index < -0.39 is 5.97 Å². The first-order valence-electron chi connectivity index (χ1n) is 6.71. The van der Waals surface area contributed by atoms with Crippen molar-refractivity contribution in [2.45, 2.75) is 6.92 Å². The van der Waals surface area contributed by atoms with E-state index in [2.05, 4.69) is 10.3 Å². The van der Waals surface area contributed by atoms with Gasteiger partial charge < -0.3 is 10.4 Å². The maximum absolute atomic E-state index is 11.3. The highest BCUT2D eigenvalue weighted by atomic mass is 35.5. The number of aryl methyl sites for hydroxylation is 1. The van der Waals surface area contributed by atoms with Gasteiger partial charge in [-0.25, -0.2) is 4.79 Å². The first kappa shape index (κ1) is 14.4. The minimum absolute atomic E-state index is 0.205. The molecule has 2 aromatic carbocycles. The second kappa shape index (κ2) is 5.66. The van der Waals surface area contributed by atoms with Gasteiger partial charge in [-0.1, -0.05) is 29.8 Å². The van der Waals surface area contributed by atoms with Crippen LogP contribution in [0.1, 0.15) is 15.9 Å². The van der Waals surface area contributed by atoms with Crippen LogP contribution in [0.4, 0.5) is 11.4 Å². The molecular weight excluding hydrogens is 300 g/mol. The fourth-order valence-corrected chi connectivity index (χ4v) is 2.65. The monoisotopic (exact) mass is 312 g/mol. The first-order valence-corrected chi connectivity index (χ1v) is 7.09. The zero-order valence-corrected chi connectivity index (χ0v) is 12.6. The molecule has 0 unspecified atom stereocenters. The molecule has 0 saturated heterocycles. The molecule has 0 aliphatic rings. The summed E-state index contributed by atoms with van der Waals surface area (Å²) < 4.78 is 0. The standard InChI is InChI=1S/C17H13ClN2O2/c1-10-6-7-12(18)15-14(8-9-19-16(10)15)20-13-5-3-2-4-11(13)17(21)22/h2-9H,1H3,(H,19,20)(H,21,22). The number of carboxylic acids is 1. The average molecular weight is 313 g/mol. The normalized spacial score (nSPS) is 10.6. The average Bonchev–Trinajstić information content (AvgIpc) is 2.51. The van der Waals surface area contributed by atoms with E-state index in [-0.39, 0.29) is 5.56 Å². The number of nitrogens with zero attached hydrogens (tertiary/aromatic N) is 1. The third-order valence-corrected chi connectivity index (χ3v) is 3.78. The Bertz CT molecular complexity index is 878. The van der Waals surface area contributed by atoms with Gasteiger partial charge in [-0.15, -0.1) is 0 Å². The number of para-hydroxylation sites is 1. The van der Waals surface area contributed by atoms with Crippen molar-refractivity contribution in [3.63, 3.8) is 0 Å². The van der Waals surface area contributed by atoms with Crippen LogP contribution < -0.4 is 5.32 Å². The highest BCUT2D eigenvalue weighted by molar-refractivity contribution is 6.36. The fourth-order valence-electron chi connectivity index (χ4n) is 2.39. The number of fused-ring (bicyclic) bond motifs is 1. The van der Waals surface area contributed by atoms with Crippen LogP contribution in [0, 0.1) is 6.92 Å². The lowest BCUT2D eigenvalue weighted by Gasteiger charge is -2.13. The van der Waals surface area contributed by atoms with Gasteiger partial charge >= 0.3 is 5.97 Å². The van der Waals surface area contributed by atoms with Crippen LogP contribution in [0.15, 0.2) is 48.7 Å². The fraction of sp³-hybridized carbons (Fsp3) is 0.0588. The molecule has 4 nitrogen and oxygen atoms in total. The maximum atomic E-state index is 11.3. The molecule has 0 atom stereocenters. The molecule has 0 bridgehead atoms. The van der Waals surface area contributed by atoms with Crippen LogP contribution in [0.3, 0.4) is 0 Å². The molecule has 1 heterocycles. The summed E-state index contributed by atoms with van der Waals surface area (Å²) in [7, 11) is 0. The smallest absolute Gasteiger partial charge is 0.337 e. The lowest BCUT2D eigenvalue weighted by molar-refractivity contribution is 0.0698. The minimum Gasteiger partial charge on any atom is -0.478 e. The molecule has 22 heavy (non-hydrogen) atoms. The number of benzene rings is 2. The molecule has 0 fully saturated rings. The van der Waals surface area contributed by atoms with Crippen LogP contribution >= 0.6 is 11.6 Å². The van der Waals surface area contributed by atoms with Crippen molar-refractivity contribution < 1.29 is 9.90 Å². The molecule has 0 radical (unpaired) electrons. The van der Waals surface area contributed by atoms with Gasteiger partial charge in [-0.3, -0.25) is 4.98 Å². The van der Waals surface area contributed by atoms with Crippen molar-refractivity contribution in [2.24, 2.45) is 0 Å². The second-order valence-electron chi connectivity index (χ2n) is 4.92. The Morgan fingerprint density at radius 2 is 1.91 bits per heavy atom. The van der Waals surface area contributed by atoms with Crippen LogP contribution in [0.25, 0.3) is 10.9 Å². The van der Waals surface area contributed by atoms with Crippen LogP contribution in [0.2, 0.25) is 5.02 Å². The molecule has 0 aliphatic carbocycles. The summed E-state index contributed by atoms with van der Waals surface area (Å²) >= 11 is 6.31. The van der Waals surface area contributed by atoms with Crippen molar-refractivity contribution in [3.05, 3.63) is 64.8 Å². The highest BCUT2D eigenvalue weighted by Crippen LogP contribution is 2.33. The lowest BCUT2D eigenvalue weighted by atomic mass is 10.1. The Morgan fingerprint density at radius 1 is 1.14 bits per heavy atom. The molecule has 110 valence electrons. The van der Waals surface area contributed by atoms with E-state index in [4.69, 9.17) is 11.6 Å². The maximum Gasteiger partial charge on any atom is 0.337 e. The Balaban J connectivity index is 2.17. The number of hydrogen-bond donors (Lipinski definition) is 2. The number of pyridine rings is 1. The van der Waals surface area contributed by atoms with Gasteiger partial charge in [0.25, 0.3) is 0 Å². The zero-order chi connectivity index (χ0) is 15.7. The number of nitrogens with one attached hydrogen (secondary N) is 1. The number of halogens is 1. The van der Waals surface area contributed by atoms with E-state index in [1.54, 1.807) is 36.5 Å². The van der Waals surface area contributed by atoms with Crippen molar-refractivity contribution >= 4 is 39.8 Å². The summed E-state index contributed by atoms with van der Waals surface area (Å²) in [6, 6.07) is 12.3. The van der Waals surface area contributed by atoms with Gasteiger partial charge in [-0.05, 0) is 36.8 Å². The van der Waals surface area contributed by atoms with E-state index in [0.717, 1.165) is 22.2 Å². The summed E-state index contributed by atoms with van der Waals surface area (Å²) in [5, 5.41) is 13.8. The molecule has 0 amide bonds. The molecule has 0 aliphatic heterocycles. The molecular formula is C17H13ClN2O2. The van der Waals surface area contributed by atoms with Crippen molar-refractivity contribution in [1.29, 1.82) is 0 Å². The predicted molar refractivity (Wildman–Crippen MR) is 88.2 cm³/mol. The van der Waals surface area contributed by atoms with Crippen molar-refractivity contribution in [2.75, 3.05) is 5.32 Å². The molecule has 1 aromatic heterocycles. The molecule has 0 saturated carbocycles. The Morgan fingerprint density at radius 3 is 2.68 bits per heavy atom. The van der Waals surface area contributed by atoms with Crippen molar-refractivity contribution in [1.82, 2.24) is 4.98 Å². The van der Waals surface area contributed by atoms with Gasteiger partial charge in [0.15, 0.2) is 0 Å². The number of rotatable bonds is 3. The highest BCUT2D eigenvalue weighted by Gasteiger charge is 2.12. The van der Waals surface area contributed by atoms with Gasteiger partial charge in [0.05, 0.1) is 27.5 Å². The third kappa shape index (κ3) is 2.49. The Labute approximate surface area is 132 Å². The quantitative estimate of drug-likeness (QED) is 0.739. The van der Waals surface area contributed by atoms with Crippen LogP contribution in [0.5, 0.6) is 0 Å². The van der Waals surface area contributed by atoms with E-state index >= 15 is 0 Å². The molecule has 3 aromatic rings. The summed E-state index contributed by atoms with van der Waals surface area (Å²) in [4.78, 5) is 15.7. The zero-order valence-electron chi connectivity index (χ0n) is 11.8. The van der Waals surface area contributed by atoms with E-state index in [1.807, 2.05) is 19.1 Å². The summed E-state index contributed by atoms with van der Waals surface area (Å²) in [5.74, 6) is -0.983. The lowest BCUT2D eigenvalue weighted by Crippen LogP contribution is -2.03. The van der Waals surface area contributed by atoms with E-state index in [0.29, 0.717) is 10.7 Å². The van der Waals surface area contributed by atoms with Gasteiger partial charge in [-0.2, -0.15) is 0 Å². The SMILES string of the molecule is Cc1ccc(Cl)c2c(Nc3ccccc3C(=O)O)ccnc12. The number of aromatic carboxylic acids is 1. The molecule has 5 heteroatoms. The van der Waals surface area contributed by atoms with Gasteiger partial charge in [0, 0.05) is 11.6 Å². The Kier molecular flexibility index (Phi) is 3.69. The first-order chi connectivity index (χ1) is 10.6. The number of hydrogen-bond acceptors (Lipinski definition) is 3. The summed E-state index contributed by atoms with van der Waals surface area (Å²) in [6.45, 7) is 1.96. The van der Waals surface area contributed by atoms with E-state index in [9.17, 15) is 9.90 Å². The molecule has 3 rings (SSSR count). The van der Waals surface area contributed by atoms with E-state index in [1.165, 1.54) is 0 Å². The number of anilines is 2. The molecule has 0 spiro atoms. The summed E-state index contributed by atoms with van der Waals surface area (Å²) in [5.41, 5.74) is 3.25. The van der Waals surface area contributed by atoms with Crippen LogP contribution in [-0.4, -0.2) is 16.1 Å². The van der Waals surface area contributed by atoms with Gasteiger partial charge in [0.2, 0.25) is 0 Å². The van der Waals surface area contributed by atoms with Gasteiger partial charge in [0.1, 0.15) is 0 Å². The Hall–Kier alpha value is -2.59. The third-order valence-electron chi connectivity index (χ3n) is 3.47. The minimum atomic E-state index is -0.983. The number of aromatic nitrogens is 1. The topological polar surface area (TPSA) is 62.2 Å². The second-order valence-corrected chi connectivity index (χ2v) is 5.33. The molecule has 2 N–H and O–H groups in total. The van der Waals surface area contributed by atoms with Crippen molar-refractivity contribution in [3.8, 4) is 0 Å². The largest absolute Gasteiger partial charge is 0.478 e. The summed E-state index contributed by atoms with van der Waals surface area (Å²) in [6.07, 6.45) is 1.68. The number of carboxylic acid groups (broad SMARTS) is 1.